The topological polar surface area (TPSA) is 57.3 Å². The molecule has 5 nitrogen and oxygen atoms in total. The summed E-state index contributed by atoms with van der Waals surface area (Å²) in [5.41, 5.74) is 0.695. The first-order chi connectivity index (χ1) is 8.11. The minimum absolute atomic E-state index is 0.108. The second-order valence-electron chi connectivity index (χ2n) is 4.10. The normalized spacial score (nSPS) is 12.2. The number of hydrogen-bond acceptors (Lipinski definition) is 3. The van der Waals surface area contributed by atoms with Crippen molar-refractivity contribution in [2.75, 3.05) is 25.5 Å². The highest BCUT2D eigenvalue weighted by molar-refractivity contribution is 5.89. The molecule has 0 fully saturated rings. The van der Waals surface area contributed by atoms with E-state index in [1.807, 2.05) is 14.0 Å². The first-order valence-electron chi connectivity index (χ1n) is 5.78. The first kappa shape index (κ1) is 13.4. The minimum Gasteiger partial charge on any atom is -0.334 e. The third-order valence-electron chi connectivity index (χ3n) is 2.42. The number of likely N-dealkylation sites (N-methyl/N-ethyl adjacent to an activating group) is 1. The van der Waals surface area contributed by atoms with E-state index in [2.05, 4.69) is 27.4 Å². The lowest BCUT2D eigenvalue weighted by Gasteiger charge is -2.20. The number of nitrogens with zero attached hydrogens (tertiary/aromatic N) is 2. The van der Waals surface area contributed by atoms with Crippen molar-refractivity contribution in [3.05, 3.63) is 24.5 Å². The Balaban J connectivity index is 2.34. The van der Waals surface area contributed by atoms with Crippen molar-refractivity contribution in [2.24, 2.45) is 0 Å². The Morgan fingerprint density at radius 3 is 2.94 bits per heavy atom. The molecule has 2 amide bonds. The Hall–Kier alpha value is -1.62. The number of hydrogen-bond donors (Lipinski definition) is 2. The average Bonchev–Trinajstić information content (AvgIpc) is 2.29. The smallest absolute Gasteiger partial charge is 0.319 e. The highest BCUT2D eigenvalue weighted by atomic mass is 16.2. The lowest BCUT2D eigenvalue weighted by molar-refractivity contribution is 0.243. The molecule has 0 aliphatic carbocycles. The average molecular weight is 236 g/mol. The lowest BCUT2D eigenvalue weighted by Crippen LogP contribution is -2.42. The molecule has 1 aromatic rings. The van der Waals surface area contributed by atoms with Crippen LogP contribution in [0.1, 0.15) is 13.8 Å². The van der Waals surface area contributed by atoms with Crippen molar-refractivity contribution in [3.8, 4) is 0 Å². The third kappa shape index (κ3) is 5.31. The van der Waals surface area contributed by atoms with Gasteiger partial charge in [-0.1, -0.05) is 6.92 Å². The van der Waals surface area contributed by atoms with E-state index in [0.29, 0.717) is 5.69 Å². The number of nitrogens with one attached hydrogen (secondary N) is 2. The van der Waals surface area contributed by atoms with E-state index in [1.54, 1.807) is 24.5 Å². The number of aromatic nitrogens is 1. The van der Waals surface area contributed by atoms with E-state index >= 15 is 0 Å². The van der Waals surface area contributed by atoms with Gasteiger partial charge in [0.2, 0.25) is 0 Å². The zero-order valence-electron chi connectivity index (χ0n) is 10.6. The standard InChI is InChI=1S/C12H20N4O/c1-4-16(3)9-10(2)14-12(17)15-11-6-5-7-13-8-11/h5-8,10H,4,9H2,1-3H3,(H2,14,15,17)/t10-/m1/s1. The van der Waals surface area contributed by atoms with E-state index in [9.17, 15) is 4.79 Å². The largest absolute Gasteiger partial charge is 0.334 e. The van der Waals surface area contributed by atoms with Gasteiger partial charge in [0.05, 0.1) is 11.9 Å². The maximum Gasteiger partial charge on any atom is 0.319 e. The molecule has 1 aromatic heterocycles. The molecule has 0 aromatic carbocycles. The Kier molecular flexibility index (Phi) is 5.42. The molecule has 5 heteroatoms. The molecule has 2 N–H and O–H groups in total. The van der Waals surface area contributed by atoms with Gasteiger partial charge in [0, 0.05) is 18.8 Å². The number of carbonyl (C=O) groups is 1. The van der Waals surface area contributed by atoms with Crippen LogP contribution in [-0.4, -0.2) is 42.1 Å². The lowest BCUT2D eigenvalue weighted by atomic mass is 10.3. The predicted molar refractivity (Wildman–Crippen MR) is 69.0 cm³/mol. The van der Waals surface area contributed by atoms with Crippen molar-refractivity contribution >= 4 is 11.7 Å². The van der Waals surface area contributed by atoms with Crippen molar-refractivity contribution in [2.45, 2.75) is 19.9 Å². The maximum atomic E-state index is 11.6. The molecular formula is C12H20N4O. The number of anilines is 1. The first-order valence-corrected chi connectivity index (χ1v) is 5.78. The van der Waals surface area contributed by atoms with Gasteiger partial charge in [-0.3, -0.25) is 4.98 Å². The van der Waals surface area contributed by atoms with Crippen LogP contribution < -0.4 is 10.6 Å². The van der Waals surface area contributed by atoms with Crippen molar-refractivity contribution in [3.63, 3.8) is 0 Å². The highest BCUT2D eigenvalue weighted by Gasteiger charge is 2.08. The number of urea groups is 1. The minimum atomic E-state index is -0.199. The van der Waals surface area contributed by atoms with Gasteiger partial charge in [0.25, 0.3) is 0 Å². The molecule has 1 heterocycles. The fourth-order valence-electron chi connectivity index (χ4n) is 1.47. The third-order valence-corrected chi connectivity index (χ3v) is 2.42. The molecule has 1 rings (SSSR count). The molecule has 0 saturated carbocycles. The van der Waals surface area contributed by atoms with Crippen LogP contribution in [0.5, 0.6) is 0 Å². The van der Waals surface area contributed by atoms with Gasteiger partial charge >= 0.3 is 6.03 Å². The maximum absolute atomic E-state index is 11.6. The van der Waals surface area contributed by atoms with Crippen molar-refractivity contribution < 1.29 is 4.79 Å². The van der Waals surface area contributed by atoms with Crippen molar-refractivity contribution in [1.29, 1.82) is 0 Å². The van der Waals surface area contributed by atoms with Gasteiger partial charge < -0.3 is 15.5 Å². The van der Waals surface area contributed by atoms with Gasteiger partial charge in [-0.25, -0.2) is 4.79 Å². The van der Waals surface area contributed by atoms with Crippen LogP contribution in [0, 0.1) is 0 Å². The summed E-state index contributed by atoms with van der Waals surface area (Å²) in [6.45, 7) is 5.87. The summed E-state index contributed by atoms with van der Waals surface area (Å²) in [4.78, 5) is 17.7. The summed E-state index contributed by atoms with van der Waals surface area (Å²) in [7, 11) is 2.03. The molecular weight excluding hydrogens is 216 g/mol. The number of pyridine rings is 1. The Labute approximate surface area is 102 Å². The predicted octanol–water partition coefficient (Wildman–Crippen LogP) is 1.54. The summed E-state index contributed by atoms with van der Waals surface area (Å²) in [6.07, 6.45) is 3.28. The van der Waals surface area contributed by atoms with Gasteiger partial charge in [0.15, 0.2) is 0 Å². The van der Waals surface area contributed by atoms with E-state index in [-0.39, 0.29) is 12.1 Å². The second-order valence-corrected chi connectivity index (χ2v) is 4.10. The molecule has 0 saturated heterocycles. The summed E-state index contributed by atoms with van der Waals surface area (Å²) in [5.74, 6) is 0. The van der Waals surface area contributed by atoms with Crippen LogP contribution >= 0.6 is 0 Å². The SMILES string of the molecule is CCN(C)C[C@@H](C)NC(=O)Nc1cccnc1. The number of rotatable bonds is 5. The Morgan fingerprint density at radius 1 is 1.59 bits per heavy atom. The number of amides is 2. The van der Waals surface area contributed by atoms with Crippen LogP contribution in [0.2, 0.25) is 0 Å². The molecule has 0 unspecified atom stereocenters. The van der Waals surface area contributed by atoms with Crippen molar-refractivity contribution in [1.82, 2.24) is 15.2 Å². The fraction of sp³-hybridized carbons (Fsp3) is 0.500. The summed E-state index contributed by atoms with van der Waals surface area (Å²) in [6, 6.07) is 3.49. The molecule has 0 aliphatic heterocycles. The summed E-state index contributed by atoms with van der Waals surface area (Å²) < 4.78 is 0. The van der Waals surface area contributed by atoms with Gasteiger partial charge in [-0.05, 0) is 32.6 Å². The molecule has 0 spiro atoms. The zero-order valence-corrected chi connectivity index (χ0v) is 10.6. The summed E-state index contributed by atoms with van der Waals surface area (Å²) >= 11 is 0. The second kappa shape index (κ2) is 6.85. The molecule has 1 atom stereocenters. The summed E-state index contributed by atoms with van der Waals surface area (Å²) in [5, 5.41) is 5.61. The van der Waals surface area contributed by atoms with E-state index in [4.69, 9.17) is 0 Å². The van der Waals surface area contributed by atoms with Crippen LogP contribution in [0.3, 0.4) is 0 Å². The monoisotopic (exact) mass is 236 g/mol. The molecule has 94 valence electrons. The molecule has 0 bridgehead atoms. The molecule has 0 radical (unpaired) electrons. The van der Waals surface area contributed by atoms with E-state index in [1.165, 1.54) is 0 Å². The zero-order chi connectivity index (χ0) is 12.7. The Bertz CT molecular complexity index is 342. The Morgan fingerprint density at radius 2 is 2.35 bits per heavy atom. The number of carbonyl (C=O) groups excluding carboxylic acids is 1. The fourth-order valence-corrected chi connectivity index (χ4v) is 1.47. The van der Waals surface area contributed by atoms with Gasteiger partial charge in [-0.2, -0.15) is 0 Å². The van der Waals surface area contributed by atoms with Crippen LogP contribution in [-0.2, 0) is 0 Å². The van der Waals surface area contributed by atoms with E-state index in [0.717, 1.165) is 13.1 Å². The molecule has 17 heavy (non-hydrogen) atoms. The molecule has 0 aliphatic rings. The van der Waals surface area contributed by atoms with Crippen LogP contribution in [0.25, 0.3) is 0 Å². The quantitative estimate of drug-likeness (QED) is 0.815. The highest BCUT2D eigenvalue weighted by Crippen LogP contribution is 2.02. The van der Waals surface area contributed by atoms with E-state index < -0.39 is 0 Å². The van der Waals surface area contributed by atoms with Crippen LogP contribution in [0.4, 0.5) is 10.5 Å². The van der Waals surface area contributed by atoms with Crippen LogP contribution in [0.15, 0.2) is 24.5 Å². The van der Waals surface area contributed by atoms with Gasteiger partial charge in [0.1, 0.15) is 0 Å². The van der Waals surface area contributed by atoms with Gasteiger partial charge in [-0.15, -0.1) is 0 Å².